The number of carbonyl (C=O) groups is 3. The zero-order valence-electron chi connectivity index (χ0n) is 14.1. The highest BCUT2D eigenvalue weighted by Crippen LogP contribution is 2.19. The number of halogens is 3. The number of nitrogens with one attached hydrogen (secondary N) is 2. The summed E-state index contributed by atoms with van der Waals surface area (Å²) in [6.07, 6.45) is 0. The van der Waals surface area contributed by atoms with Gasteiger partial charge in [0.25, 0.3) is 11.8 Å². The van der Waals surface area contributed by atoms with Gasteiger partial charge in [-0.05, 0) is 37.3 Å². The lowest BCUT2D eigenvalue weighted by Gasteiger charge is -2.14. The van der Waals surface area contributed by atoms with E-state index in [-0.39, 0.29) is 21.3 Å². The van der Waals surface area contributed by atoms with Gasteiger partial charge in [-0.3, -0.25) is 9.59 Å². The van der Waals surface area contributed by atoms with Crippen LogP contribution < -0.4 is 10.6 Å². The third kappa shape index (κ3) is 5.94. The van der Waals surface area contributed by atoms with Crippen LogP contribution in [0, 0.1) is 5.82 Å². The van der Waals surface area contributed by atoms with Crippen LogP contribution in [0.4, 0.5) is 10.1 Å². The van der Waals surface area contributed by atoms with E-state index in [0.29, 0.717) is 0 Å². The maximum absolute atomic E-state index is 13.6. The van der Waals surface area contributed by atoms with Crippen LogP contribution >= 0.6 is 23.2 Å². The van der Waals surface area contributed by atoms with Gasteiger partial charge in [0.2, 0.25) is 0 Å². The van der Waals surface area contributed by atoms with Crippen LogP contribution in [0.1, 0.15) is 17.3 Å². The fourth-order valence-corrected chi connectivity index (χ4v) is 2.41. The van der Waals surface area contributed by atoms with Gasteiger partial charge in [0.05, 0.1) is 16.3 Å². The second-order valence-electron chi connectivity index (χ2n) is 5.46. The summed E-state index contributed by atoms with van der Waals surface area (Å²) in [5, 5.41) is 5.13. The zero-order valence-corrected chi connectivity index (χ0v) is 15.6. The Labute approximate surface area is 164 Å². The lowest BCUT2D eigenvalue weighted by atomic mass is 10.2. The Morgan fingerprint density at radius 1 is 1.15 bits per heavy atom. The molecule has 2 aromatic rings. The molecule has 0 saturated heterocycles. The SMILES string of the molecule is CC(NC(=O)c1ccccc1Cl)C(=O)OCC(=O)Nc1cc(Cl)ccc1F. The van der Waals surface area contributed by atoms with Gasteiger partial charge in [-0.25, -0.2) is 9.18 Å². The van der Waals surface area contributed by atoms with Gasteiger partial charge in [0.15, 0.2) is 6.61 Å². The Morgan fingerprint density at radius 2 is 1.85 bits per heavy atom. The Kier molecular flexibility index (Phi) is 7.15. The van der Waals surface area contributed by atoms with E-state index < -0.39 is 36.2 Å². The van der Waals surface area contributed by atoms with Crippen LogP contribution in [0.5, 0.6) is 0 Å². The predicted molar refractivity (Wildman–Crippen MR) is 99.4 cm³/mol. The summed E-state index contributed by atoms with van der Waals surface area (Å²) in [7, 11) is 0. The van der Waals surface area contributed by atoms with Crippen molar-refractivity contribution < 1.29 is 23.5 Å². The Bertz CT molecular complexity index is 876. The van der Waals surface area contributed by atoms with Gasteiger partial charge in [-0.15, -0.1) is 0 Å². The summed E-state index contributed by atoms with van der Waals surface area (Å²) in [6.45, 7) is 0.739. The molecule has 27 heavy (non-hydrogen) atoms. The zero-order chi connectivity index (χ0) is 20.0. The molecule has 142 valence electrons. The lowest BCUT2D eigenvalue weighted by Crippen LogP contribution is -2.40. The molecule has 0 aliphatic carbocycles. The highest BCUT2D eigenvalue weighted by Gasteiger charge is 2.20. The van der Waals surface area contributed by atoms with Crippen molar-refractivity contribution in [1.82, 2.24) is 5.32 Å². The van der Waals surface area contributed by atoms with E-state index in [1.54, 1.807) is 18.2 Å². The first-order valence-electron chi connectivity index (χ1n) is 7.75. The second kappa shape index (κ2) is 9.34. The van der Waals surface area contributed by atoms with Gasteiger partial charge in [0, 0.05) is 5.02 Å². The molecule has 0 bridgehead atoms. The van der Waals surface area contributed by atoms with E-state index in [9.17, 15) is 18.8 Å². The number of ether oxygens (including phenoxy) is 1. The molecule has 0 spiro atoms. The van der Waals surface area contributed by atoms with Crippen molar-refractivity contribution in [2.75, 3.05) is 11.9 Å². The van der Waals surface area contributed by atoms with Crippen molar-refractivity contribution in [3.05, 3.63) is 63.9 Å². The van der Waals surface area contributed by atoms with Gasteiger partial charge in [-0.2, -0.15) is 0 Å². The molecular formula is C18H15Cl2FN2O4. The number of hydrogen-bond donors (Lipinski definition) is 2. The molecule has 9 heteroatoms. The standard InChI is InChI=1S/C18H15Cl2FN2O4/c1-10(22-17(25)12-4-2-3-5-13(12)20)18(26)27-9-16(24)23-15-8-11(19)6-7-14(15)21/h2-8,10H,9H2,1H3,(H,22,25)(H,23,24). The Hall–Kier alpha value is -2.64. The molecule has 2 amide bonds. The number of rotatable bonds is 6. The number of anilines is 1. The molecule has 0 heterocycles. The predicted octanol–water partition coefficient (Wildman–Crippen LogP) is 3.43. The number of amides is 2. The molecule has 0 radical (unpaired) electrons. The maximum atomic E-state index is 13.6. The van der Waals surface area contributed by atoms with Crippen molar-refractivity contribution in [1.29, 1.82) is 0 Å². The summed E-state index contributed by atoms with van der Waals surface area (Å²) in [5.74, 6) is -2.83. The minimum Gasteiger partial charge on any atom is -0.454 e. The fraction of sp³-hybridized carbons (Fsp3) is 0.167. The molecular weight excluding hydrogens is 398 g/mol. The van der Waals surface area contributed by atoms with Gasteiger partial charge in [0.1, 0.15) is 11.9 Å². The van der Waals surface area contributed by atoms with E-state index in [1.807, 2.05) is 0 Å². The van der Waals surface area contributed by atoms with Crippen LogP contribution in [-0.2, 0) is 14.3 Å². The van der Waals surface area contributed by atoms with Crippen molar-refractivity contribution >= 4 is 46.7 Å². The smallest absolute Gasteiger partial charge is 0.328 e. The highest BCUT2D eigenvalue weighted by molar-refractivity contribution is 6.33. The van der Waals surface area contributed by atoms with E-state index in [1.165, 1.54) is 25.1 Å². The first-order chi connectivity index (χ1) is 12.8. The van der Waals surface area contributed by atoms with Crippen LogP contribution in [0.25, 0.3) is 0 Å². The molecule has 1 unspecified atom stereocenters. The molecule has 1 atom stereocenters. The van der Waals surface area contributed by atoms with E-state index >= 15 is 0 Å². The van der Waals surface area contributed by atoms with Crippen molar-refractivity contribution in [3.63, 3.8) is 0 Å². The summed E-state index contributed by atoms with van der Waals surface area (Å²) < 4.78 is 18.4. The number of carbonyl (C=O) groups excluding carboxylic acids is 3. The third-order valence-electron chi connectivity index (χ3n) is 3.37. The van der Waals surface area contributed by atoms with E-state index in [4.69, 9.17) is 27.9 Å². The van der Waals surface area contributed by atoms with Crippen LogP contribution in [0.2, 0.25) is 10.0 Å². The normalized spacial score (nSPS) is 11.4. The molecule has 2 aromatic carbocycles. The van der Waals surface area contributed by atoms with Crippen LogP contribution in [0.3, 0.4) is 0 Å². The maximum Gasteiger partial charge on any atom is 0.328 e. The van der Waals surface area contributed by atoms with Gasteiger partial charge < -0.3 is 15.4 Å². The lowest BCUT2D eigenvalue weighted by molar-refractivity contribution is -0.148. The summed E-state index contributed by atoms with van der Waals surface area (Å²) >= 11 is 11.6. The van der Waals surface area contributed by atoms with Crippen LogP contribution in [-0.4, -0.2) is 30.4 Å². The second-order valence-corrected chi connectivity index (χ2v) is 6.30. The fourth-order valence-electron chi connectivity index (χ4n) is 2.02. The third-order valence-corrected chi connectivity index (χ3v) is 3.93. The molecule has 6 nitrogen and oxygen atoms in total. The number of hydrogen-bond acceptors (Lipinski definition) is 4. The topological polar surface area (TPSA) is 84.5 Å². The quantitative estimate of drug-likeness (QED) is 0.711. The van der Waals surface area contributed by atoms with Gasteiger partial charge in [-0.1, -0.05) is 35.3 Å². The van der Waals surface area contributed by atoms with Crippen LogP contribution in [0.15, 0.2) is 42.5 Å². The molecule has 2 rings (SSSR count). The monoisotopic (exact) mass is 412 g/mol. The van der Waals surface area contributed by atoms with Crippen molar-refractivity contribution in [2.24, 2.45) is 0 Å². The molecule has 0 fully saturated rings. The van der Waals surface area contributed by atoms with E-state index in [0.717, 1.165) is 6.07 Å². The Balaban J connectivity index is 1.85. The molecule has 2 N–H and O–H groups in total. The minimum absolute atomic E-state index is 0.136. The molecule has 0 aliphatic heterocycles. The largest absolute Gasteiger partial charge is 0.454 e. The average molecular weight is 413 g/mol. The van der Waals surface area contributed by atoms with Crippen molar-refractivity contribution in [2.45, 2.75) is 13.0 Å². The number of esters is 1. The van der Waals surface area contributed by atoms with Crippen molar-refractivity contribution in [3.8, 4) is 0 Å². The summed E-state index contributed by atoms with van der Waals surface area (Å²) in [4.78, 5) is 35.8. The molecule has 0 aromatic heterocycles. The summed E-state index contributed by atoms with van der Waals surface area (Å²) in [6, 6.07) is 8.96. The minimum atomic E-state index is -1.02. The molecule has 0 aliphatic rings. The van der Waals surface area contributed by atoms with Gasteiger partial charge >= 0.3 is 5.97 Å². The molecule has 0 saturated carbocycles. The summed E-state index contributed by atoms with van der Waals surface area (Å²) in [5.41, 5.74) is 0.0663. The highest BCUT2D eigenvalue weighted by atomic mass is 35.5. The average Bonchev–Trinajstić information content (AvgIpc) is 2.63. The first kappa shape index (κ1) is 20.7. The Morgan fingerprint density at radius 3 is 2.56 bits per heavy atom. The first-order valence-corrected chi connectivity index (χ1v) is 8.50. The van der Waals surface area contributed by atoms with E-state index in [2.05, 4.69) is 10.6 Å². The number of benzene rings is 2.